The van der Waals surface area contributed by atoms with Crippen LogP contribution >= 0.6 is 0 Å². The molecule has 3 aromatic rings. The van der Waals surface area contributed by atoms with E-state index in [4.69, 9.17) is 9.47 Å². The van der Waals surface area contributed by atoms with E-state index in [1.807, 2.05) is 0 Å². The molecule has 0 aliphatic carbocycles. The lowest BCUT2D eigenvalue weighted by Gasteiger charge is -2.11. The molecule has 29 heavy (non-hydrogen) atoms. The minimum atomic E-state index is -0.817. The molecule has 0 saturated carbocycles. The minimum absolute atomic E-state index is 0.0473. The summed E-state index contributed by atoms with van der Waals surface area (Å²) >= 11 is 0. The molecule has 6 heteroatoms. The predicted octanol–water partition coefficient (Wildman–Crippen LogP) is 6.00. The lowest BCUT2D eigenvalue weighted by molar-refractivity contribution is -0.116. The molecule has 0 radical (unpaired) electrons. The Morgan fingerprint density at radius 3 is 2.21 bits per heavy atom. The van der Waals surface area contributed by atoms with Gasteiger partial charge in [0.05, 0.1) is 0 Å². The normalized spacial score (nSPS) is 10.6. The van der Waals surface area contributed by atoms with Crippen LogP contribution in [0.25, 0.3) is 0 Å². The van der Waals surface area contributed by atoms with E-state index in [0.29, 0.717) is 22.6 Å². The number of aryl methyl sites for hydroxylation is 1. The van der Waals surface area contributed by atoms with Gasteiger partial charge < -0.3 is 14.3 Å². The zero-order valence-corrected chi connectivity index (χ0v) is 15.8. The van der Waals surface area contributed by atoms with Crippen LogP contribution in [0.1, 0.15) is 24.5 Å². The summed E-state index contributed by atoms with van der Waals surface area (Å²) in [7, 11) is 0. The Labute approximate surface area is 166 Å². The SMILES string of the molecule is CC(=O)CCc1cc(F)c(OCc2cccc(Oc3ccc(F)cc3)c2)c(F)c1. The Kier molecular flexibility index (Phi) is 6.54. The van der Waals surface area contributed by atoms with E-state index in [2.05, 4.69) is 0 Å². The predicted molar refractivity (Wildman–Crippen MR) is 103 cm³/mol. The highest BCUT2D eigenvalue weighted by atomic mass is 19.1. The fraction of sp³-hybridized carbons (Fsp3) is 0.174. The van der Waals surface area contributed by atoms with Crippen LogP contribution in [0.2, 0.25) is 0 Å². The molecule has 0 saturated heterocycles. The zero-order chi connectivity index (χ0) is 20.8. The number of carbonyl (C=O) groups is 1. The average molecular weight is 400 g/mol. The van der Waals surface area contributed by atoms with Gasteiger partial charge in [-0.2, -0.15) is 0 Å². The summed E-state index contributed by atoms with van der Waals surface area (Å²) in [6.07, 6.45) is 0.492. The summed E-state index contributed by atoms with van der Waals surface area (Å²) in [5, 5.41) is 0. The van der Waals surface area contributed by atoms with Crippen LogP contribution in [0.3, 0.4) is 0 Å². The number of ether oxygens (including phenoxy) is 2. The van der Waals surface area contributed by atoms with Crippen LogP contribution in [-0.4, -0.2) is 5.78 Å². The maximum Gasteiger partial charge on any atom is 0.191 e. The van der Waals surface area contributed by atoms with Gasteiger partial charge in [0.1, 0.15) is 29.7 Å². The monoisotopic (exact) mass is 400 g/mol. The maximum absolute atomic E-state index is 14.2. The average Bonchev–Trinajstić information content (AvgIpc) is 2.68. The molecule has 3 nitrogen and oxygen atoms in total. The van der Waals surface area contributed by atoms with E-state index in [1.54, 1.807) is 24.3 Å². The van der Waals surface area contributed by atoms with Crippen molar-refractivity contribution in [1.29, 1.82) is 0 Å². The van der Waals surface area contributed by atoms with Crippen LogP contribution in [-0.2, 0) is 17.8 Å². The second kappa shape index (κ2) is 9.28. The lowest BCUT2D eigenvalue weighted by Crippen LogP contribution is -2.02. The standard InChI is InChI=1S/C23H19F3O3/c1-15(27)5-6-16-12-21(25)23(22(26)13-16)28-14-17-3-2-4-20(11-17)29-19-9-7-18(24)8-10-19/h2-4,7-13H,5-6,14H2,1H3. The van der Waals surface area contributed by atoms with Crippen LogP contribution in [0.15, 0.2) is 60.7 Å². The summed E-state index contributed by atoms with van der Waals surface area (Å²) in [6, 6.07) is 14.7. The summed E-state index contributed by atoms with van der Waals surface area (Å²) in [6.45, 7) is 1.36. The number of Topliss-reactive ketones (excluding diaryl/α,β-unsaturated/α-hetero) is 1. The Bertz CT molecular complexity index is 977. The van der Waals surface area contributed by atoms with E-state index in [0.717, 1.165) is 0 Å². The number of hydrogen-bond acceptors (Lipinski definition) is 3. The van der Waals surface area contributed by atoms with Gasteiger partial charge in [-0.1, -0.05) is 12.1 Å². The van der Waals surface area contributed by atoms with Gasteiger partial charge in [-0.15, -0.1) is 0 Å². The van der Waals surface area contributed by atoms with E-state index in [9.17, 15) is 18.0 Å². The molecule has 0 unspecified atom stereocenters. The molecule has 0 aliphatic heterocycles. The van der Waals surface area contributed by atoms with Crippen molar-refractivity contribution in [3.8, 4) is 17.2 Å². The summed E-state index contributed by atoms with van der Waals surface area (Å²) < 4.78 is 52.4. The molecule has 0 fully saturated rings. The van der Waals surface area contributed by atoms with Crippen molar-refractivity contribution >= 4 is 5.78 Å². The second-order valence-corrected chi connectivity index (χ2v) is 6.58. The molecule has 0 aromatic heterocycles. The highest BCUT2D eigenvalue weighted by molar-refractivity contribution is 5.75. The largest absolute Gasteiger partial charge is 0.483 e. The Morgan fingerprint density at radius 1 is 0.862 bits per heavy atom. The first-order chi connectivity index (χ1) is 13.9. The fourth-order valence-electron chi connectivity index (χ4n) is 2.71. The summed E-state index contributed by atoms with van der Waals surface area (Å²) in [5.41, 5.74) is 1.04. The number of benzene rings is 3. The minimum Gasteiger partial charge on any atom is -0.483 e. The van der Waals surface area contributed by atoms with Crippen molar-refractivity contribution in [3.63, 3.8) is 0 Å². The number of rotatable bonds is 8. The third-order valence-corrected chi connectivity index (χ3v) is 4.15. The van der Waals surface area contributed by atoms with Crippen molar-refractivity contribution in [1.82, 2.24) is 0 Å². The van der Waals surface area contributed by atoms with E-state index in [1.165, 1.54) is 43.3 Å². The number of carbonyl (C=O) groups excluding carboxylic acids is 1. The Balaban J connectivity index is 1.66. The van der Waals surface area contributed by atoms with Crippen LogP contribution in [0.4, 0.5) is 13.2 Å². The first-order valence-electron chi connectivity index (χ1n) is 9.03. The molecule has 3 aromatic carbocycles. The van der Waals surface area contributed by atoms with Crippen molar-refractivity contribution < 1.29 is 27.4 Å². The molecule has 0 aliphatic rings. The third-order valence-electron chi connectivity index (χ3n) is 4.15. The first kappa shape index (κ1) is 20.5. The summed E-state index contributed by atoms with van der Waals surface area (Å²) in [4.78, 5) is 11.0. The van der Waals surface area contributed by atoms with Gasteiger partial charge in [0.15, 0.2) is 17.4 Å². The van der Waals surface area contributed by atoms with Gasteiger partial charge in [0.25, 0.3) is 0 Å². The number of hydrogen-bond donors (Lipinski definition) is 0. The maximum atomic E-state index is 14.2. The van der Waals surface area contributed by atoms with E-state index < -0.39 is 17.4 Å². The second-order valence-electron chi connectivity index (χ2n) is 6.58. The Hall–Kier alpha value is -3.28. The van der Waals surface area contributed by atoms with Crippen molar-refractivity contribution in [2.24, 2.45) is 0 Å². The third kappa shape index (κ3) is 5.85. The molecule has 0 N–H and O–H groups in total. The quantitative estimate of drug-likeness (QED) is 0.465. The molecule has 0 amide bonds. The molecular weight excluding hydrogens is 381 g/mol. The van der Waals surface area contributed by atoms with Crippen LogP contribution in [0.5, 0.6) is 17.2 Å². The van der Waals surface area contributed by atoms with Crippen molar-refractivity contribution in [2.45, 2.75) is 26.4 Å². The molecule has 0 spiro atoms. The van der Waals surface area contributed by atoms with Gasteiger partial charge in [0.2, 0.25) is 0 Å². The van der Waals surface area contributed by atoms with Gasteiger partial charge >= 0.3 is 0 Å². The van der Waals surface area contributed by atoms with Gasteiger partial charge in [-0.05, 0) is 73.0 Å². The van der Waals surface area contributed by atoms with Gasteiger partial charge in [0, 0.05) is 6.42 Å². The molecule has 0 heterocycles. The fourth-order valence-corrected chi connectivity index (χ4v) is 2.71. The Morgan fingerprint density at radius 2 is 1.55 bits per heavy atom. The van der Waals surface area contributed by atoms with E-state index >= 15 is 0 Å². The zero-order valence-electron chi connectivity index (χ0n) is 15.8. The lowest BCUT2D eigenvalue weighted by atomic mass is 10.1. The highest BCUT2D eigenvalue weighted by Crippen LogP contribution is 2.27. The molecule has 3 rings (SSSR count). The molecular formula is C23H19F3O3. The molecule has 150 valence electrons. The smallest absolute Gasteiger partial charge is 0.191 e. The van der Waals surface area contributed by atoms with Gasteiger partial charge in [-0.25, -0.2) is 13.2 Å². The topological polar surface area (TPSA) is 35.5 Å². The highest BCUT2D eigenvalue weighted by Gasteiger charge is 2.13. The first-order valence-corrected chi connectivity index (χ1v) is 9.03. The van der Waals surface area contributed by atoms with Crippen LogP contribution < -0.4 is 9.47 Å². The summed E-state index contributed by atoms with van der Waals surface area (Å²) in [5.74, 6) is -1.57. The van der Waals surface area contributed by atoms with Crippen molar-refractivity contribution in [3.05, 3.63) is 89.2 Å². The molecule has 0 bridgehead atoms. The van der Waals surface area contributed by atoms with E-state index in [-0.39, 0.29) is 31.0 Å². The van der Waals surface area contributed by atoms with Crippen LogP contribution in [0, 0.1) is 17.5 Å². The van der Waals surface area contributed by atoms with Crippen molar-refractivity contribution in [2.75, 3.05) is 0 Å². The molecule has 0 atom stereocenters. The number of ketones is 1. The van der Waals surface area contributed by atoms with Gasteiger partial charge in [-0.3, -0.25) is 0 Å². The number of halogens is 3.